The van der Waals surface area contributed by atoms with Crippen LogP contribution in [0.3, 0.4) is 0 Å². The molecule has 1 amide bonds. The van der Waals surface area contributed by atoms with Crippen molar-refractivity contribution >= 4 is 33.4 Å². The molecule has 0 unspecified atom stereocenters. The van der Waals surface area contributed by atoms with Crippen molar-refractivity contribution in [2.24, 2.45) is 0 Å². The van der Waals surface area contributed by atoms with Crippen LogP contribution in [0.4, 0.5) is 0 Å². The zero-order valence-electron chi connectivity index (χ0n) is 11.2. The van der Waals surface area contributed by atoms with Gasteiger partial charge in [-0.3, -0.25) is 9.59 Å². The van der Waals surface area contributed by atoms with Crippen molar-refractivity contribution in [1.82, 2.24) is 10.3 Å². The first-order valence-electron chi connectivity index (χ1n) is 6.37. The first kappa shape index (κ1) is 14.5. The largest absolute Gasteiger partial charge is 0.469 e. The van der Waals surface area contributed by atoms with Gasteiger partial charge in [0.15, 0.2) is 0 Å². The normalized spacial score (nSPS) is 10.4. The van der Waals surface area contributed by atoms with E-state index in [2.05, 4.69) is 15.0 Å². The number of fused-ring (bicyclic) bond motifs is 1. The molecule has 0 radical (unpaired) electrons. The third kappa shape index (κ3) is 4.03. The van der Waals surface area contributed by atoms with Gasteiger partial charge in [-0.2, -0.15) is 0 Å². The number of aromatic nitrogens is 1. The first-order valence-corrected chi connectivity index (χ1v) is 7.18. The molecule has 0 saturated heterocycles. The predicted molar refractivity (Wildman–Crippen MR) is 77.6 cm³/mol. The van der Waals surface area contributed by atoms with Crippen molar-refractivity contribution in [2.75, 3.05) is 13.7 Å². The van der Waals surface area contributed by atoms with Crippen LogP contribution < -0.4 is 5.32 Å². The van der Waals surface area contributed by atoms with E-state index in [0.717, 1.165) is 15.2 Å². The van der Waals surface area contributed by atoms with Crippen LogP contribution in [0.5, 0.6) is 0 Å². The van der Waals surface area contributed by atoms with Gasteiger partial charge in [-0.05, 0) is 12.1 Å². The fourth-order valence-corrected chi connectivity index (χ4v) is 2.71. The lowest BCUT2D eigenvalue weighted by Gasteiger charge is -2.03. The molecule has 1 N–H and O–H groups in total. The van der Waals surface area contributed by atoms with Crippen LogP contribution in [0.1, 0.15) is 17.8 Å². The molecule has 20 heavy (non-hydrogen) atoms. The van der Waals surface area contributed by atoms with Gasteiger partial charge in [-0.15, -0.1) is 11.3 Å². The number of nitrogens with one attached hydrogen (secondary N) is 1. The molecule has 0 atom stereocenters. The Bertz CT molecular complexity index is 576. The fraction of sp³-hybridized carbons (Fsp3) is 0.357. The molecule has 2 rings (SSSR count). The molecule has 0 aliphatic heterocycles. The SMILES string of the molecule is COC(=O)CCNC(=O)CCc1nc2ccccc2s1. The zero-order chi connectivity index (χ0) is 14.4. The number of aryl methyl sites for hydroxylation is 1. The Kier molecular flexibility index (Phi) is 5.06. The van der Waals surface area contributed by atoms with Gasteiger partial charge in [0.25, 0.3) is 0 Å². The van der Waals surface area contributed by atoms with Crippen molar-refractivity contribution in [3.8, 4) is 0 Å². The van der Waals surface area contributed by atoms with Gasteiger partial charge in [0, 0.05) is 19.4 Å². The van der Waals surface area contributed by atoms with Crippen molar-refractivity contribution in [2.45, 2.75) is 19.3 Å². The van der Waals surface area contributed by atoms with Crippen molar-refractivity contribution in [1.29, 1.82) is 0 Å². The summed E-state index contributed by atoms with van der Waals surface area (Å²) >= 11 is 1.61. The van der Waals surface area contributed by atoms with Crippen molar-refractivity contribution in [3.05, 3.63) is 29.3 Å². The number of rotatable bonds is 6. The van der Waals surface area contributed by atoms with E-state index in [1.54, 1.807) is 11.3 Å². The number of amides is 1. The third-order valence-electron chi connectivity index (χ3n) is 2.78. The van der Waals surface area contributed by atoms with Crippen LogP contribution in [0.2, 0.25) is 0 Å². The number of carbonyl (C=O) groups is 2. The minimum Gasteiger partial charge on any atom is -0.469 e. The van der Waals surface area contributed by atoms with Crippen LogP contribution in [-0.4, -0.2) is 30.5 Å². The lowest BCUT2D eigenvalue weighted by Crippen LogP contribution is -2.26. The monoisotopic (exact) mass is 292 g/mol. The average molecular weight is 292 g/mol. The highest BCUT2D eigenvalue weighted by Crippen LogP contribution is 2.22. The molecule has 0 bridgehead atoms. The molecule has 2 aromatic rings. The number of nitrogens with zero attached hydrogens (tertiary/aromatic N) is 1. The van der Waals surface area contributed by atoms with Crippen LogP contribution in [0, 0.1) is 0 Å². The number of thiazole rings is 1. The van der Waals surface area contributed by atoms with Gasteiger partial charge in [-0.1, -0.05) is 12.1 Å². The Hall–Kier alpha value is -1.95. The molecular formula is C14H16N2O3S. The number of hydrogen-bond acceptors (Lipinski definition) is 5. The first-order chi connectivity index (χ1) is 9.69. The maximum Gasteiger partial charge on any atom is 0.307 e. The molecule has 0 spiro atoms. The number of carbonyl (C=O) groups excluding carboxylic acids is 2. The summed E-state index contributed by atoms with van der Waals surface area (Å²) in [5.74, 6) is -0.398. The average Bonchev–Trinajstić information content (AvgIpc) is 2.87. The number of methoxy groups -OCH3 is 1. The van der Waals surface area contributed by atoms with E-state index in [1.807, 2.05) is 24.3 Å². The third-order valence-corrected chi connectivity index (χ3v) is 3.88. The molecule has 5 nitrogen and oxygen atoms in total. The smallest absolute Gasteiger partial charge is 0.307 e. The van der Waals surface area contributed by atoms with E-state index in [9.17, 15) is 9.59 Å². The van der Waals surface area contributed by atoms with E-state index in [1.165, 1.54) is 7.11 Å². The second-order valence-corrected chi connectivity index (χ2v) is 5.37. The summed E-state index contributed by atoms with van der Waals surface area (Å²) < 4.78 is 5.63. The summed E-state index contributed by atoms with van der Waals surface area (Å²) in [4.78, 5) is 27.0. The Morgan fingerprint density at radius 3 is 2.85 bits per heavy atom. The Morgan fingerprint density at radius 2 is 2.10 bits per heavy atom. The molecule has 1 heterocycles. The Balaban J connectivity index is 1.77. The molecule has 106 valence electrons. The van der Waals surface area contributed by atoms with Gasteiger partial charge in [-0.25, -0.2) is 4.98 Å². The highest BCUT2D eigenvalue weighted by molar-refractivity contribution is 7.18. The van der Waals surface area contributed by atoms with Crippen molar-refractivity contribution < 1.29 is 14.3 Å². The van der Waals surface area contributed by atoms with Gasteiger partial charge < -0.3 is 10.1 Å². The zero-order valence-corrected chi connectivity index (χ0v) is 12.0. The quantitative estimate of drug-likeness (QED) is 0.826. The molecule has 0 aliphatic carbocycles. The highest BCUT2D eigenvalue weighted by atomic mass is 32.1. The lowest BCUT2D eigenvalue weighted by atomic mass is 10.3. The highest BCUT2D eigenvalue weighted by Gasteiger charge is 2.07. The van der Waals surface area contributed by atoms with Crippen LogP contribution in [-0.2, 0) is 20.7 Å². The Labute approximate surface area is 121 Å². The minimum atomic E-state index is -0.323. The van der Waals surface area contributed by atoms with Gasteiger partial charge in [0.2, 0.25) is 5.91 Å². The van der Waals surface area contributed by atoms with E-state index < -0.39 is 0 Å². The lowest BCUT2D eigenvalue weighted by molar-refractivity contribution is -0.140. The maximum atomic E-state index is 11.6. The second-order valence-electron chi connectivity index (χ2n) is 4.25. The predicted octanol–water partition coefficient (Wildman–Crippen LogP) is 1.91. The van der Waals surface area contributed by atoms with E-state index in [-0.39, 0.29) is 18.3 Å². The number of hydrogen-bond donors (Lipinski definition) is 1. The summed E-state index contributed by atoms with van der Waals surface area (Å²) in [6.07, 6.45) is 1.19. The van der Waals surface area contributed by atoms with Crippen molar-refractivity contribution in [3.63, 3.8) is 0 Å². The molecule has 0 saturated carbocycles. The Morgan fingerprint density at radius 1 is 1.30 bits per heavy atom. The number of para-hydroxylation sites is 1. The van der Waals surface area contributed by atoms with E-state index in [4.69, 9.17) is 0 Å². The molecule has 6 heteroatoms. The molecule has 0 fully saturated rings. The number of ether oxygens (including phenoxy) is 1. The summed E-state index contributed by atoms with van der Waals surface area (Å²) in [5, 5.41) is 3.64. The maximum absolute atomic E-state index is 11.6. The molecule has 1 aromatic heterocycles. The summed E-state index contributed by atoms with van der Waals surface area (Å²) in [7, 11) is 1.33. The number of benzene rings is 1. The summed E-state index contributed by atoms with van der Waals surface area (Å²) in [6, 6.07) is 7.91. The van der Waals surface area contributed by atoms with E-state index in [0.29, 0.717) is 19.4 Å². The second kappa shape index (κ2) is 7.00. The topological polar surface area (TPSA) is 68.3 Å². The number of esters is 1. The van der Waals surface area contributed by atoms with Crippen LogP contribution in [0.15, 0.2) is 24.3 Å². The standard InChI is InChI=1S/C14H16N2O3S/c1-19-14(18)8-9-15-12(17)6-7-13-16-10-4-2-3-5-11(10)20-13/h2-5H,6-9H2,1H3,(H,15,17). The molecular weight excluding hydrogens is 276 g/mol. The van der Waals surface area contributed by atoms with E-state index >= 15 is 0 Å². The molecule has 1 aromatic carbocycles. The van der Waals surface area contributed by atoms with Gasteiger partial charge >= 0.3 is 5.97 Å². The van der Waals surface area contributed by atoms with Gasteiger partial charge in [0.1, 0.15) is 0 Å². The summed E-state index contributed by atoms with van der Waals surface area (Å²) in [5.41, 5.74) is 0.971. The fourth-order valence-electron chi connectivity index (χ4n) is 1.74. The van der Waals surface area contributed by atoms with Crippen LogP contribution in [0.25, 0.3) is 10.2 Å². The minimum absolute atomic E-state index is 0.0758. The summed E-state index contributed by atoms with van der Waals surface area (Å²) in [6.45, 7) is 0.311. The van der Waals surface area contributed by atoms with Crippen LogP contribution >= 0.6 is 11.3 Å². The molecule has 0 aliphatic rings. The van der Waals surface area contributed by atoms with Gasteiger partial charge in [0.05, 0.1) is 28.8 Å².